The number of nitrogens with zero attached hydrogens (tertiary/aromatic N) is 1. The van der Waals surface area contributed by atoms with Gasteiger partial charge in [-0.1, -0.05) is 0 Å². The minimum Gasteiger partial charge on any atom is -0.385 e. The van der Waals surface area contributed by atoms with Crippen LogP contribution in [0.25, 0.3) is 0 Å². The normalized spacial score (nSPS) is 11.7. The third kappa shape index (κ3) is 7.50. The Morgan fingerprint density at radius 1 is 1.25 bits per heavy atom. The molecule has 5 heteroatoms. The SMILES string of the molecule is CCNC(=NCc1ccc(C)s1)NCCCCCOC. The smallest absolute Gasteiger partial charge is 0.191 e. The number of ether oxygens (including phenoxy) is 1. The fourth-order valence-corrected chi connectivity index (χ4v) is 2.64. The van der Waals surface area contributed by atoms with Crippen molar-refractivity contribution in [2.24, 2.45) is 4.99 Å². The van der Waals surface area contributed by atoms with Crippen molar-refractivity contribution in [1.82, 2.24) is 10.6 Å². The Hall–Kier alpha value is -1.07. The Morgan fingerprint density at radius 2 is 2.10 bits per heavy atom. The van der Waals surface area contributed by atoms with Gasteiger partial charge in [0.1, 0.15) is 0 Å². The molecule has 0 saturated heterocycles. The molecule has 0 aliphatic rings. The molecule has 20 heavy (non-hydrogen) atoms. The van der Waals surface area contributed by atoms with E-state index < -0.39 is 0 Å². The van der Waals surface area contributed by atoms with Crippen molar-refractivity contribution < 1.29 is 4.74 Å². The maximum Gasteiger partial charge on any atom is 0.191 e. The summed E-state index contributed by atoms with van der Waals surface area (Å²) < 4.78 is 5.04. The molecule has 4 nitrogen and oxygen atoms in total. The average molecular weight is 297 g/mol. The summed E-state index contributed by atoms with van der Waals surface area (Å²) in [7, 11) is 1.75. The van der Waals surface area contributed by atoms with Crippen molar-refractivity contribution >= 4 is 17.3 Å². The minimum atomic E-state index is 0.748. The Morgan fingerprint density at radius 3 is 2.75 bits per heavy atom. The number of hydrogen-bond donors (Lipinski definition) is 2. The van der Waals surface area contributed by atoms with Crippen LogP contribution in [0.5, 0.6) is 0 Å². The zero-order valence-electron chi connectivity index (χ0n) is 12.9. The van der Waals surface area contributed by atoms with E-state index >= 15 is 0 Å². The molecule has 0 unspecified atom stereocenters. The summed E-state index contributed by atoms with van der Waals surface area (Å²) in [6, 6.07) is 4.30. The van der Waals surface area contributed by atoms with E-state index in [2.05, 4.69) is 41.6 Å². The number of rotatable bonds is 9. The second-order valence-electron chi connectivity index (χ2n) is 4.69. The maximum atomic E-state index is 5.04. The van der Waals surface area contributed by atoms with Crippen LogP contribution in [0, 0.1) is 6.92 Å². The van der Waals surface area contributed by atoms with E-state index in [0.29, 0.717) is 0 Å². The lowest BCUT2D eigenvalue weighted by Gasteiger charge is -2.10. The van der Waals surface area contributed by atoms with E-state index in [4.69, 9.17) is 4.74 Å². The molecule has 0 aromatic carbocycles. The standard InChI is InChI=1S/C15H27N3OS/c1-4-16-15(17-10-6-5-7-11-19-3)18-12-14-9-8-13(2)20-14/h8-9H,4-7,10-12H2,1-3H3,(H2,16,17,18). The monoisotopic (exact) mass is 297 g/mol. The first kappa shape index (κ1) is 17.0. The zero-order chi connectivity index (χ0) is 14.6. The van der Waals surface area contributed by atoms with Gasteiger partial charge in [-0.25, -0.2) is 4.99 Å². The number of thiophene rings is 1. The van der Waals surface area contributed by atoms with Crippen LogP contribution < -0.4 is 10.6 Å². The number of aliphatic imine (C=N–C) groups is 1. The first-order chi connectivity index (χ1) is 9.76. The van der Waals surface area contributed by atoms with Gasteiger partial charge in [0.25, 0.3) is 0 Å². The molecule has 1 aromatic rings. The van der Waals surface area contributed by atoms with Crippen LogP contribution in [0.4, 0.5) is 0 Å². The topological polar surface area (TPSA) is 45.7 Å². The Kier molecular flexibility index (Phi) is 9.07. The van der Waals surface area contributed by atoms with Crippen molar-refractivity contribution in [3.8, 4) is 0 Å². The Balaban J connectivity index is 2.28. The van der Waals surface area contributed by atoms with Gasteiger partial charge < -0.3 is 15.4 Å². The summed E-state index contributed by atoms with van der Waals surface area (Å²) in [5, 5.41) is 6.66. The van der Waals surface area contributed by atoms with Gasteiger partial charge in [0.15, 0.2) is 5.96 Å². The molecule has 0 saturated carbocycles. The first-order valence-corrected chi connectivity index (χ1v) is 8.14. The second-order valence-corrected chi connectivity index (χ2v) is 6.06. The van der Waals surface area contributed by atoms with E-state index in [1.165, 1.54) is 16.2 Å². The first-order valence-electron chi connectivity index (χ1n) is 7.32. The van der Waals surface area contributed by atoms with Crippen LogP contribution in [0.1, 0.15) is 35.9 Å². The number of methoxy groups -OCH3 is 1. The van der Waals surface area contributed by atoms with Crippen molar-refractivity contribution in [2.45, 2.75) is 39.7 Å². The lowest BCUT2D eigenvalue weighted by molar-refractivity contribution is 0.192. The van der Waals surface area contributed by atoms with Crippen LogP contribution in [0.15, 0.2) is 17.1 Å². The summed E-state index contributed by atoms with van der Waals surface area (Å²) in [6.45, 7) is 7.66. The molecule has 0 amide bonds. The lowest BCUT2D eigenvalue weighted by Crippen LogP contribution is -2.37. The van der Waals surface area contributed by atoms with E-state index in [9.17, 15) is 0 Å². The van der Waals surface area contributed by atoms with Gasteiger partial charge in [0, 0.05) is 36.6 Å². The number of aryl methyl sites for hydroxylation is 1. The fraction of sp³-hybridized carbons (Fsp3) is 0.667. The van der Waals surface area contributed by atoms with Crippen molar-refractivity contribution in [3.63, 3.8) is 0 Å². The second kappa shape index (κ2) is 10.7. The lowest BCUT2D eigenvalue weighted by atomic mass is 10.2. The number of hydrogen-bond acceptors (Lipinski definition) is 3. The van der Waals surface area contributed by atoms with E-state index in [-0.39, 0.29) is 0 Å². The third-order valence-corrected chi connectivity index (χ3v) is 3.84. The van der Waals surface area contributed by atoms with Gasteiger partial charge >= 0.3 is 0 Å². The number of unbranched alkanes of at least 4 members (excludes halogenated alkanes) is 2. The number of nitrogens with one attached hydrogen (secondary N) is 2. The quantitative estimate of drug-likeness (QED) is 0.418. The summed E-state index contributed by atoms with van der Waals surface area (Å²) >= 11 is 1.81. The summed E-state index contributed by atoms with van der Waals surface area (Å²) in [5.74, 6) is 0.908. The molecule has 1 rings (SSSR count). The molecule has 1 aromatic heterocycles. The van der Waals surface area contributed by atoms with Crippen molar-refractivity contribution in [2.75, 3.05) is 26.8 Å². The van der Waals surface area contributed by atoms with Gasteiger partial charge in [-0.3, -0.25) is 0 Å². The largest absolute Gasteiger partial charge is 0.385 e. The van der Waals surface area contributed by atoms with Gasteiger partial charge in [0.2, 0.25) is 0 Å². The van der Waals surface area contributed by atoms with Crippen LogP contribution in [0.2, 0.25) is 0 Å². The molecular formula is C15H27N3OS. The fourth-order valence-electron chi connectivity index (χ4n) is 1.82. The van der Waals surface area contributed by atoms with Crippen molar-refractivity contribution in [3.05, 3.63) is 21.9 Å². The van der Waals surface area contributed by atoms with Gasteiger partial charge in [-0.05, 0) is 45.2 Å². The molecule has 0 spiro atoms. The van der Waals surface area contributed by atoms with Crippen molar-refractivity contribution in [1.29, 1.82) is 0 Å². The molecule has 0 aliphatic heterocycles. The molecule has 1 heterocycles. The molecule has 0 aliphatic carbocycles. The number of guanidine groups is 1. The van der Waals surface area contributed by atoms with Crippen LogP contribution >= 0.6 is 11.3 Å². The van der Waals surface area contributed by atoms with E-state index in [1.807, 2.05) is 11.3 Å². The highest BCUT2D eigenvalue weighted by Gasteiger charge is 1.99. The summed E-state index contributed by atoms with van der Waals surface area (Å²) in [5.41, 5.74) is 0. The highest BCUT2D eigenvalue weighted by Crippen LogP contribution is 2.15. The maximum absolute atomic E-state index is 5.04. The van der Waals surface area contributed by atoms with Gasteiger partial charge in [-0.2, -0.15) is 0 Å². The van der Waals surface area contributed by atoms with E-state index in [1.54, 1.807) is 7.11 Å². The molecule has 2 N–H and O–H groups in total. The molecule has 0 atom stereocenters. The zero-order valence-corrected chi connectivity index (χ0v) is 13.7. The van der Waals surface area contributed by atoms with Crippen LogP contribution in [0.3, 0.4) is 0 Å². The van der Waals surface area contributed by atoms with E-state index in [0.717, 1.165) is 45.0 Å². The predicted molar refractivity (Wildman–Crippen MR) is 87.6 cm³/mol. The molecule has 0 radical (unpaired) electrons. The molecule has 0 fully saturated rings. The van der Waals surface area contributed by atoms with Crippen LogP contribution in [-0.4, -0.2) is 32.8 Å². The van der Waals surface area contributed by atoms with Gasteiger partial charge in [-0.15, -0.1) is 11.3 Å². The van der Waals surface area contributed by atoms with Crippen LogP contribution in [-0.2, 0) is 11.3 Å². The van der Waals surface area contributed by atoms with Gasteiger partial charge in [0.05, 0.1) is 6.54 Å². The highest BCUT2D eigenvalue weighted by atomic mass is 32.1. The predicted octanol–water partition coefficient (Wildman–Crippen LogP) is 2.93. The Bertz CT molecular complexity index is 390. The molecule has 0 bridgehead atoms. The average Bonchev–Trinajstić information content (AvgIpc) is 2.85. The third-order valence-electron chi connectivity index (χ3n) is 2.85. The molecular weight excluding hydrogens is 270 g/mol. The summed E-state index contributed by atoms with van der Waals surface area (Å²) in [4.78, 5) is 7.26. The highest BCUT2D eigenvalue weighted by molar-refractivity contribution is 7.11. The minimum absolute atomic E-state index is 0.748. The molecule has 114 valence electrons. The summed E-state index contributed by atoms with van der Waals surface area (Å²) in [6.07, 6.45) is 3.45. The Labute approximate surface area is 126 Å².